The maximum absolute atomic E-state index is 9.63. The molecule has 0 aromatic heterocycles. The van der Waals surface area contributed by atoms with E-state index < -0.39 is 0 Å². The number of hydrazone groups is 1. The molecule has 3 rings (SSSR count). The molecule has 5 nitrogen and oxygen atoms in total. The summed E-state index contributed by atoms with van der Waals surface area (Å²) in [5.74, 6) is 0.608. The number of rotatable bonds is 5. The van der Waals surface area contributed by atoms with Crippen molar-refractivity contribution in [3.63, 3.8) is 0 Å². The Labute approximate surface area is 149 Å². The monoisotopic (exact) mass is 339 g/mol. The predicted octanol–water partition coefficient (Wildman–Crippen LogP) is 2.86. The minimum atomic E-state index is 0.143. The Kier molecular flexibility index (Phi) is 5.56. The number of piperazine rings is 1. The molecule has 1 aliphatic heterocycles. The van der Waals surface area contributed by atoms with Gasteiger partial charge in [-0.3, -0.25) is 9.91 Å². The van der Waals surface area contributed by atoms with Crippen LogP contribution in [-0.2, 0) is 6.54 Å². The first-order valence-electron chi connectivity index (χ1n) is 8.58. The smallest absolute Gasteiger partial charge is 0.161 e. The van der Waals surface area contributed by atoms with Crippen LogP contribution < -0.4 is 4.74 Å². The van der Waals surface area contributed by atoms with Crippen LogP contribution in [0, 0.1) is 6.92 Å². The van der Waals surface area contributed by atoms with Gasteiger partial charge in [0.25, 0.3) is 0 Å². The zero-order valence-corrected chi connectivity index (χ0v) is 14.9. The quantitative estimate of drug-likeness (QED) is 0.851. The molecule has 2 aromatic carbocycles. The van der Waals surface area contributed by atoms with E-state index >= 15 is 0 Å². The molecule has 1 heterocycles. The lowest BCUT2D eigenvalue weighted by Gasteiger charge is -2.33. The molecule has 1 saturated heterocycles. The van der Waals surface area contributed by atoms with Crippen molar-refractivity contribution in [1.29, 1.82) is 0 Å². The van der Waals surface area contributed by atoms with Gasteiger partial charge < -0.3 is 9.84 Å². The van der Waals surface area contributed by atoms with Crippen LogP contribution >= 0.6 is 0 Å². The molecule has 1 fully saturated rings. The number of benzene rings is 2. The third kappa shape index (κ3) is 4.73. The molecule has 0 saturated carbocycles. The molecule has 0 amide bonds. The first kappa shape index (κ1) is 17.3. The number of aryl methyl sites for hydroxylation is 1. The zero-order chi connectivity index (χ0) is 17.6. The molecule has 0 radical (unpaired) electrons. The van der Waals surface area contributed by atoms with Crippen LogP contribution in [0.25, 0.3) is 0 Å². The Hall–Kier alpha value is -2.53. The van der Waals surface area contributed by atoms with Crippen LogP contribution in [0.4, 0.5) is 0 Å². The highest BCUT2D eigenvalue weighted by atomic mass is 16.5. The Bertz CT molecular complexity index is 720. The maximum Gasteiger partial charge on any atom is 0.161 e. The Morgan fingerprint density at radius 3 is 2.48 bits per heavy atom. The van der Waals surface area contributed by atoms with E-state index in [1.165, 1.54) is 11.1 Å². The van der Waals surface area contributed by atoms with Crippen LogP contribution in [0.3, 0.4) is 0 Å². The number of ether oxygens (including phenoxy) is 1. The SMILES string of the molecule is COc1cc(/C=N/N2CCN(Cc3ccc(C)cc3)CC2)ccc1O. The highest BCUT2D eigenvalue weighted by molar-refractivity contribution is 5.80. The first-order chi connectivity index (χ1) is 12.1. The molecule has 1 aliphatic rings. The van der Waals surface area contributed by atoms with Crippen LogP contribution in [-0.4, -0.2) is 54.5 Å². The van der Waals surface area contributed by atoms with Gasteiger partial charge in [-0.15, -0.1) is 0 Å². The van der Waals surface area contributed by atoms with Crippen molar-refractivity contribution >= 4 is 6.21 Å². The lowest BCUT2D eigenvalue weighted by molar-refractivity contribution is 0.131. The average Bonchev–Trinajstić information content (AvgIpc) is 2.64. The fraction of sp³-hybridized carbons (Fsp3) is 0.350. The van der Waals surface area contributed by atoms with E-state index in [0.29, 0.717) is 5.75 Å². The number of hydrogen-bond acceptors (Lipinski definition) is 5. The van der Waals surface area contributed by atoms with E-state index in [4.69, 9.17) is 4.74 Å². The van der Waals surface area contributed by atoms with Crippen LogP contribution in [0.15, 0.2) is 47.6 Å². The third-order valence-corrected chi connectivity index (χ3v) is 4.45. The predicted molar refractivity (Wildman–Crippen MR) is 100 cm³/mol. The summed E-state index contributed by atoms with van der Waals surface area (Å²) >= 11 is 0. The normalized spacial score (nSPS) is 15.7. The van der Waals surface area contributed by atoms with Crippen LogP contribution in [0.5, 0.6) is 11.5 Å². The van der Waals surface area contributed by atoms with Gasteiger partial charge in [-0.05, 0) is 36.2 Å². The Morgan fingerprint density at radius 1 is 1.08 bits per heavy atom. The summed E-state index contributed by atoms with van der Waals surface area (Å²) in [5, 5.41) is 16.3. The molecule has 0 aliphatic carbocycles. The second-order valence-corrected chi connectivity index (χ2v) is 6.39. The van der Waals surface area contributed by atoms with E-state index in [2.05, 4.69) is 46.2 Å². The van der Waals surface area contributed by atoms with Gasteiger partial charge >= 0.3 is 0 Å². The second-order valence-electron chi connectivity index (χ2n) is 6.39. The summed E-state index contributed by atoms with van der Waals surface area (Å²) in [5.41, 5.74) is 3.57. The van der Waals surface area contributed by atoms with Gasteiger partial charge in [0.05, 0.1) is 13.3 Å². The fourth-order valence-electron chi connectivity index (χ4n) is 2.89. The number of phenols is 1. The lowest BCUT2D eigenvalue weighted by Crippen LogP contribution is -2.43. The standard InChI is InChI=1S/C20H25N3O2/c1-16-3-5-17(6-4-16)15-22-9-11-23(12-10-22)21-14-18-7-8-19(24)20(13-18)25-2/h3-8,13-14,24H,9-12,15H2,1-2H3/b21-14+. The summed E-state index contributed by atoms with van der Waals surface area (Å²) < 4.78 is 5.12. The van der Waals surface area contributed by atoms with Crippen molar-refractivity contribution in [2.45, 2.75) is 13.5 Å². The minimum Gasteiger partial charge on any atom is -0.504 e. The summed E-state index contributed by atoms with van der Waals surface area (Å²) in [6.45, 7) is 6.95. The number of nitrogens with zero attached hydrogens (tertiary/aromatic N) is 3. The van der Waals surface area contributed by atoms with Gasteiger partial charge in [-0.2, -0.15) is 5.10 Å². The molecule has 1 N–H and O–H groups in total. The van der Waals surface area contributed by atoms with E-state index in [-0.39, 0.29) is 5.75 Å². The highest BCUT2D eigenvalue weighted by Gasteiger charge is 2.15. The molecular formula is C20H25N3O2. The molecule has 132 valence electrons. The van der Waals surface area contributed by atoms with E-state index in [9.17, 15) is 5.11 Å². The summed E-state index contributed by atoms with van der Waals surface area (Å²) in [6, 6.07) is 14.0. The number of aromatic hydroxyl groups is 1. The average molecular weight is 339 g/mol. The molecule has 0 bridgehead atoms. The van der Waals surface area contributed by atoms with Crippen LogP contribution in [0.1, 0.15) is 16.7 Å². The molecule has 0 atom stereocenters. The number of methoxy groups -OCH3 is 1. The fourth-order valence-corrected chi connectivity index (χ4v) is 2.89. The van der Waals surface area contributed by atoms with E-state index in [1.54, 1.807) is 19.2 Å². The van der Waals surface area contributed by atoms with Crippen molar-refractivity contribution in [3.05, 3.63) is 59.2 Å². The zero-order valence-electron chi connectivity index (χ0n) is 14.9. The van der Waals surface area contributed by atoms with Gasteiger partial charge in [0, 0.05) is 32.7 Å². The largest absolute Gasteiger partial charge is 0.504 e. The Balaban J connectivity index is 1.51. The molecule has 25 heavy (non-hydrogen) atoms. The Morgan fingerprint density at radius 2 is 1.80 bits per heavy atom. The minimum absolute atomic E-state index is 0.143. The van der Waals surface area contributed by atoms with Gasteiger partial charge in [-0.1, -0.05) is 29.8 Å². The molecular weight excluding hydrogens is 314 g/mol. The summed E-state index contributed by atoms with van der Waals surface area (Å²) in [6.07, 6.45) is 1.82. The molecule has 0 unspecified atom stereocenters. The number of hydrogen-bond donors (Lipinski definition) is 1. The second kappa shape index (κ2) is 8.03. The topological polar surface area (TPSA) is 48.3 Å². The first-order valence-corrected chi connectivity index (χ1v) is 8.58. The van der Waals surface area contributed by atoms with Gasteiger partial charge in [0.2, 0.25) is 0 Å². The van der Waals surface area contributed by atoms with Gasteiger partial charge in [0.15, 0.2) is 11.5 Å². The lowest BCUT2D eigenvalue weighted by atomic mass is 10.1. The van der Waals surface area contributed by atoms with Crippen molar-refractivity contribution in [1.82, 2.24) is 9.91 Å². The highest BCUT2D eigenvalue weighted by Crippen LogP contribution is 2.25. The van der Waals surface area contributed by atoms with Crippen molar-refractivity contribution in [2.24, 2.45) is 5.10 Å². The third-order valence-electron chi connectivity index (χ3n) is 4.45. The summed E-state index contributed by atoms with van der Waals surface area (Å²) in [4.78, 5) is 2.46. The maximum atomic E-state index is 9.63. The van der Waals surface area contributed by atoms with Gasteiger partial charge in [0.1, 0.15) is 0 Å². The van der Waals surface area contributed by atoms with E-state index in [0.717, 1.165) is 38.3 Å². The van der Waals surface area contributed by atoms with E-state index in [1.807, 2.05) is 12.3 Å². The van der Waals surface area contributed by atoms with Gasteiger partial charge in [-0.25, -0.2) is 0 Å². The molecule has 5 heteroatoms. The van der Waals surface area contributed by atoms with Crippen molar-refractivity contribution in [2.75, 3.05) is 33.3 Å². The van der Waals surface area contributed by atoms with Crippen LogP contribution in [0.2, 0.25) is 0 Å². The van der Waals surface area contributed by atoms with Crippen molar-refractivity contribution < 1.29 is 9.84 Å². The molecule has 0 spiro atoms. The summed E-state index contributed by atoms with van der Waals surface area (Å²) in [7, 11) is 1.54. The van der Waals surface area contributed by atoms with Crippen molar-refractivity contribution in [3.8, 4) is 11.5 Å². The molecule has 2 aromatic rings. The number of phenolic OH excluding ortho intramolecular Hbond substituents is 1.